The van der Waals surface area contributed by atoms with E-state index in [2.05, 4.69) is 5.32 Å². The van der Waals surface area contributed by atoms with Gasteiger partial charge in [-0.3, -0.25) is 4.79 Å². The summed E-state index contributed by atoms with van der Waals surface area (Å²) >= 11 is 0. The van der Waals surface area contributed by atoms with Crippen LogP contribution in [0.25, 0.3) is 0 Å². The van der Waals surface area contributed by atoms with E-state index in [9.17, 15) is 13.2 Å². The van der Waals surface area contributed by atoms with Crippen LogP contribution in [0.15, 0.2) is 0 Å². The standard InChI is InChI=1S/C15H28N2O3S/c1-10(2)8-21(19,20)9-14(18)17-15-11-4-3-5-12(15)7-13(16)6-11/h10-13,15H,3-9,16H2,1-2H3,(H,17,18). The van der Waals surface area contributed by atoms with Crippen LogP contribution in [0.4, 0.5) is 0 Å². The molecular weight excluding hydrogens is 288 g/mol. The summed E-state index contributed by atoms with van der Waals surface area (Å²) in [4.78, 5) is 12.1. The lowest BCUT2D eigenvalue weighted by Crippen LogP contribution is -2.54. The fourth-order valence-electron chi connectivity index (χ4n) is 4.02. The molecule has 3 N–H and O–H groups in total. The summed E-state index contributed by atoms with van der Waals surface area (Å²) in [7, 11) is -3.30. The molecule has 2 fully saturated rings. The minimum atomic E-state index is -3.30. The molecule has 2 aliphatic carbocycles. The Bertz CT molecular complexity index is 461. The van der Waals surface area contributed by atoms with Crippen LogP contribution in [0.3, 0.4) is 0 Å². The second-order valence-corrected chi connectivity index (χ2v) is 9.33. The van der Waals surface area contributed by atoms with Crippen LogP contribution < -0.4 is 11.1 Å². The van der Waals surface area contributed by atoms with Crippen molar-refractivity contribution in [3.05, 3.63) is 0 Å². The van der Waals surface area contributed by atoms with Crippen LogP contribution >= 0.6 is 0 Å². The van der Waals surface area contributed by atoms with Crippen molar-refractivity contribution in [2.24, 2.45) is 23.5 Å². The quantitative estimate of drug-likeness (QED) is 0.794. The molecule has 0 saturated heterocycles. The molecule has 5 nitrogen and oxygen atoms in total. The number of carbonyl (C=O) groups excluding carboxylic acids is 1. The molecule has 0 aliphatic heterocycles. The van der Waals surface area contributed by atoms with E-state index in [0.29, 0.717) is 11.8 Å². The smallest absolute Gasteiger partial charge is 0.235 e. The van der Waals surface area contributed by atoms with Crippen LogP contribution in [0.1, 0.15) is 46.0 Å². The summed E-state index contributed by atoms with van der Waals surface area (Å²) in [5.74, 6) is 0.243. The molecule has 2 aliphatic rings. The molecule has 122 valence electrons. The van der Waals surface area contributed by atoms with Gasteiger partial charge in [0.1, 0.15) is 5.75 Å². The number of carbonyl (C=O) groups is 1. The zero-order valence-electron chi connectivity index (χ0n) is 13.0. The van der Waals surface area contributed by atoms with Crippen molar-refractivity contribution in [2.45, 2.75) is 58.0 Å². The summed E-state index contributed by atoms with van der Waals surface area (Å²) in [6.45, 7) is 3.70. The number of sulfone groups is 1. The molecule has 0 aromatic heterocycles. The molecule has 2 rings (SSSR count). The number of nitrogens with two attached hydrogens (primary N) is 1. The third-order valence-electron chi connectivity index (χ3n) is 4.64. The monoisotopic (exact) mass is 316 g/mol. The van der Waals surface area contributed by atoms with Gasteiger partial charge in [0.15, 0.2) is 9.84 Å². The Hall–Kier alpha value is -0.620. The maximum atomic E-state index is 12.1. The molecule has 1 amide bonds. The van der Waals surface area contributed by atoms with Crippen LogP contribution in [0.2, 0.25) is 0 Å². The molecule has 2 saturated carbocycles. The first-order valence-corrected chi connectivity index (χ1v) is 9.84. The Morgan fingerprint density at radius 1 is 1.24 bits per heavy atom. The third kappa shape index (κ3) is 4.68. The van der Waals surface area contributed by atoms with Gasteiger partial charge >= 0.3 is 0 Å². The molecule has 6 heteroatoms. The third-order valence-corrected chi connectivity index (χ3v) is 6.52. The highest BCUT2D eigenvalue weighted by atomic mass is 32.2. The topological polar surface area (TPSA) is 89.3 Å². The molecule has 0 aromatic rings. The predicted molar refractivity (Wildman–Crippen MR) is 83.5 cm³/mol. The number of nitrogens with one attached hydrogen (secondary N) is 1. The highest BCUT2D eigenvalue weighted by Crippen LogP contribution is 2.39. The first-order valence-electron chi connectivity index (χ1n) is 8.02. The molecule has 2 unspecified atom stereocenters. The van der Waals surface area contributed by atoms with Crippen LogP contribution in [-0.4, -0.2) is 37.9 Å². The van der Waals surface area contributed by atoms with Crippen LogP contribution in [0, 0.1) is 17.8 Å². The van der Waals surface area contributed by atoms with Crippen molar-refractivity contribution in [3.8, 4) is 0 Å². The lowest BCUT2D eigenvalue weighted by molar-refractivity contribution is -0.120. The van der Waals surface area contributed by atoms with Crippen LogP contribution in [-0.2, 0) is 14.6 Å². The summed E-state index contributed by atoms with van der Waals surface area (Å²) < 4.78 is 23.8. The summed E-state index contributed by atoms with van der Waals surface area (Å²) in [6.07, 6.45) is 5.27. The van der Waals surface area contributed by atoms with Gasteiger partial charge in [0.05, 0.1) is 5.75 Å². The SMILES string of the molecule is CC(C)CS(=O)(=O)CC(=O)NC1C2CCCC1CC(N)C2. The zero-order chi connectivity index (χ0) is 15.6. The molecular formula is C15H28N2O3S. The second kappa shape index (κ2) is 6.65. The van der Waals surface area contributed by atoms with E-state index in [1.54, 1.807) is 0 Å². The average molecular weight is 316 g/mol. The Morgan fingerprint density at radius 2 is 1.81 bits per heavy atom. The van der Waals surface area contributed by atoms with Crippen molar-refractivity contribution < 1.29 is 13.2 Å². The van der Waals surface area contributed by atoms with Crippen molar-refractivity contribution in [2.75, 3.05) is 11.5 Å². The summed E-state index contributed by atoms with van der Waals surface area (Å²) in [5, 5.41) is 3.00. The average Bonchev–Trinajstić information content (AvgIpc) is 2.27. The molecule has 2 atom stereocenters. The van der Waals surface area contributed by atoms with Gasteiger partial charge in [0.2, 0.25) is 5.91 Å². The van der Waals surface area contributed by atoms with Gasteiger partial charge in [-0.25, -0.2) is 8.42 Å². The van der Waals surface area contributed by atoms with Gasteiger partial charge < -0.3 is 11.1 Å². The van der Waals surface area contributed by atoms with E-state index in [0.717, 1.165) is 25.7 Å². The normalized spacial score (nSPS) is 33.0. The first-order chi connectivity index (χ1) is 9.77. The van der Waals surface area contributed by atoms with Gasteiger partial charge in [-0.1, -0.05) is 20.3 Å². The predicted octanol–water partition coefficient (Wildman–Crippen LogP) is 1.08. The Labute approximate surface area is 128 Å². The minimum absolute atomic E-state index is 0.0508. The zero-order valence-corrected chi connectivity index (χ0v) is 13.9. The molecule has 0 aromatic carbocycles. The van der Waals surface area contributed by atoms with E-state index >= 15 is 0 Å². The summed E-state index contributed by atoms with van der Waals surface area (Å²) in [5.41, 5.74) is 6.07. The van der Waals surface area contributed by atoms with Crippen molar-refractivity contribution in [1.82, 2.24) is 5.32 Å². The van der Waals surface area contributed by atoms with E-state index < -0.39 is 9.84 Å². The largest absolute Gasteiger partial charge is 0.352 e. The van der Waals surface area contributed by atoms with Crippen molar-refractivity contribution >= 4 is 15.7 Å². The Balaban J connectivity index is 1.93. The number of fused-ring (bicyclic) bond motifs is 2. The van der Waals surface area contributed by atoms with Gasteiger partial charge in [-0.05, 0) is 43.4 Å². The number of hydrogen-bond acceptors (Lipinski definition) is 4. The minimum Gasteiger partial charge on any atom is -0.352 e. The first kappa shape index (κ1) is 16.7. The molecule has 0 radical (unpaired) electrons. The van der Waals surface area contributed by atoms with Gasteiger partial charge in [0, 0.05) is 12.1 Å². The maximum absolute atomic E-state index is 12.1. The van der Waals surface area contributed by atoms with E-state index in [4.69, 9.17) is 5.73 Å². The fraction of sp³-hybridized carbons (Fsp3) is 0.933. The lowest BCUT2D eigenvalue weighted by Gasteiger charge is -2.45. The van der Waals surface area contributed by atoms with Crippen molar-refractivity contribution in [1.29, 1.82) is 0 Å². The highest BCUT2D eigenvalue weighted by Gasteiger charge is 2.40. The number of amides is 1. The molecule has 0 heterocycles. The van der Waals surface area contributed by atoms with Gasteiger partial charge in [-0.15, -0.1) is 0 Å². The Kier molecular flexibility index (Phi) is 5.30. The Morgan fingerprint density at radius 3 is 2.33 bits per heavy atom. The number of rotatable bonds is 5. The van der Waals surface area contributed by atoms with E-state index in [-0.39, 0.29) is 35.4 Å². The summed E-state index contributed by atoms with van der Waals surface area (Å²) in [6, 6.07) is 0.360. The van der Waals surface area contributed by atoms with E-state index in [1.165, 1.54) is 6.42 Å². The maximum Gasteiger partial charge on any atom is 0.235 e. The lowest BCUT2D eigenvalue weighted by atomic mass is 9.67. The molecule has 21 heavy (non-hydrogen) atoms. The van der Waals surface area contributed by atoms with Crippen LogP contribution in [0.5, 0.6) is 0 Å². The second-order valence-electron chi connectivity index (χ2n) is 7.22. The van der Waals surface area contributed by atoms with E-state index in [1.807, 2.05) is 13.8 Å². The van der Waals surface area contributed by atoms with Crippen molar-refractivity contribution in [3.63, 3.8) is 0 Å². The fourth-order valence-corrected chi connectivity index (χ4v) is 5.64. The molecule has 0 spiro atoms. The van der Waals surface area contributed by atoms with Gasteiger partial charge in [0.25, 0.3) is 0 Å². The molecule has 2 bridgehead atoms. The highest BCUT2D eigenvalue weighted by molar-refractivity contribution is 7.92. The number of hydrogen-bond donors (Lipinski definition) is 2. The van der Waals surface area contributed by atoms with Gasteiger partial charge in [-0.2, -0.15) is 0 Å².